The molecular weight excluding hydrogens is 353 g/mol. The van der Waals surface area contributed by atoms with Gasteiger partial charge in [0.05, 0.1) is 6.67 Å². The molecule has 8 heteroatoms. The van der Waals surface area contributed by atoms with Gasteiger partial charge < -0.3 is 9.47 Å². The maximum absolute atomic E-state index is 13.0. The second-order valence-corrected chi connectivity index (χ2v) is 6.65. The van der Waals surface area contributed by atoms with E-state index in [0.29, 0.717) is 36.6 Å². The van der Waals surface area contributed by atoms with E-state index in [4.69, 9.17) is 12.2 Å². The Kier molecular flexibility index (Phi) is 5.63. The quantitative estimate of drug-likeness (QED) is 0.595. The molecule has 1 saturated heterocycles. The van der Waals surface area contributed by atoms with Crippen LogP contribution in [0.5, 0.6) is 0 Å². The largest absolute Gasteiger partial charge is 0.336 e. The summed E-state index contributed by atoms with van der Waals surface area (Å²) >= 11 is 5.48. The van der Waals surface area contributed by atoms with Gasteiger partial charge in [0.25, 0.3) is 5.91 Å². The minimum atomic E-state index is -0.339. The lowest BCUT2D eigenvalue weighted by Crippen LogP contribution is -2.49. The number of aromatic nitrogens is 3. The van der Waals surface area contributed by atoms with Crippen LogP contribution in [0.1, 0.15) is 16.2 Å². The molecule has 0 atom stereocenters. The molecule has 138 valence electrons. The second kappa shape index (κ2) is 7.92. The Bertz CT molecular complexity index is 849. The van der Waals surface area contributed by atoms with Crippen molar-refractivity contribution in [2.45, 2.75) is 20.1 Å². The Morgan fingerprint density at radius 3 is 2.54 bits per heavy atom. The van der Waals surface area contributed by atoms with Gasteiger partial charge in [0.1, 0.15) is 11.6 Å². The van der Waals surface area contributed by atoms with Gasteiger partial charge in [0.15, 0.2) is 4.77 Å². The summed E-state index contributed by atoms with van der Waals surface area (Å²) < 4.78 is 17.4. The molecule has 0 spiro atoms. The van der Waals surface area contributed by atoms with E-state index >= 15 is 0 Å². The van der Waals surface area contributed by atoms with Crippen LogP contribution in [0.2, 0.25) is 0 Å². The number of carbonyl (C=O) groups is 1. The van der Waals surface area contributed by atoms with Crippen molar-refractivity contribution in [3.8, 4) is 0 Å². The van der Waals surface area contributed by atoms with Crippen LogP contribution in [0.4, 0.5) is 4.39 Å². The van der Waals surface area contributed by atoms with Gasteiger partial charge >= 0.3 is 0 Å². The average Bonchev–Trinajstić information content (AvgIpc) is 2.90. The number of benzene rings is 1. The van der Waals surface area contributed by atoms with E-state index in [1.807, 2.05) is 16.2 Å². The highest BCUT2D eigenvalue weighted by molar-refractivity contribution is 7.71. The van der Waals surface area contributed by atoms with Crippen molar-refractivity contribution in [3.05, 3.63) is 58.9 Å². The summed E-state index contributed by atoms with van der Waals surface area (Å²) in [5.74, 6) is 0.460. The minimum Gasteiger partial charge on any atom is -0.336 e. The van der Waals surface area contributed by atoms with E-state index in [2.05, 4.69) is 16.6 Å². The van der Waals surface area contributed by atoms with E-state index in [1.54, 1.807) is 11.0 Å². The molecule has 2 aromatic rings. The van der Waals surface area contributed by atoms with E-state index in [0.717, 1.165) is 18.9 Å². The monoisotopic (exact) mass is 375 g/mol. The summed E-state index contributed by atoms with van der Waals surface area (Å²) in [6.45, 7) is 9.63. The number of nitrogens with zero attached hydrogens (tertiary/aromatic N) is 5. The minimum absolute atomic E-state index is 0.0626. The van der Waals surface area contributed by atoms with Gasteiger partial charge in [0.2, 0.25) is 0 Å². The predicted octanol–water partition coefficient (Wildman–Crippen LogP) is 2.46. The van der Waals surface area contributed by atoms with Crippen LogP contribution in [0.25, 0.3) is 0 Å². The van der Waals surface area contributed by atoms with Crippen molar-refractivity contribution in [2.24, 2.45) is 0 Å². The number of allylic oxidation sites excluding steroid dienone is 1. The van der Waals surface area contributed by atoms with Crippen LogP contribution >= 0.6 is 12.2 Å². The lowest BCUT2D eigenvalue weighted by Gasteiger charge is -2.34. The first-order valence-electron chi connectivity index (χ1n) is 8.52. The van der Waals surface area contributed by atoms with Crippen molar-refractivity contribution in [3.63, 3.8) is 0 Å². The molecule has 0 saturated carbocycles. The van der Waals surface area contributed by atoms with Crippen LogP contribution in [0.15, 0.2) is 36.9 Å². The van der Waals surface area contributed by atoms with Crippen LogP contribution in [0.3, 0.4) is 0 Å². The molecule has 0 unspecified atom stereocenters. The number of hydrogen-bond donors (Lipinski definition) is 0. The maximum atomic E-state index is 13.0. The highest BCUT2D eigenvalue weighted by Gasteiger charge is 2.22. The first-order valence-corrected chi connectivity index (χ1v) is 8.92. The number of carbonyl (C=O) groups excluding carboxylic acids is 1. The fourth-order valence-electron chi connectivity index (χ4n) is 3.04. The van der Waals surface area contributed by atoms with Gasteiger partial charge in [-0.25, -0.2) is 9.07 Å². The standard InChI is InChI=1S/C18H22FN5OS/c1-3-8-23-14(2)20-24(18(23)26)13-21-9-11-22(12-10-21)17(25)15-4-6-16(19)7-5-15/h3-7H,1,8-13H2,2H3. The summed E-state index contributed by atoms with van der Waals surface area (Å²) in [5.41, 5.74) is 0.515. The zero-order valence-corrected chi connectivity index (χ0v) is 15.6. The van der Waals surface area contributed by atoms with Gasteiger partial charge in [-0.15, -0.1) is 6.58 Å². The number of aryl methyl sites for hydroxylation is 1. The highest BCUT2D eigenvalue weighted by atomic mass is 32.1. The third-order valence-electron chi connectivity index (χ3n) is 4.50. The lowest BCUT2D eigenvalue weighted by atomic mass is 10.2. The first-order chi connectivity index (χ1) is 12.5. The molecule has 6 nitrogen and oxygen atoms in total. The maximum Gasteiger partial charge on any atom is 0.253 e. The van der Waals surface area contributed by atoms with Crippen molar-refractivity contribution >= 4 is 18.1 Å². The average molecular weight is 375 g/mol. The van der Waals surface area contributed by atoms with Gasteiger partial charge in [-0.3, -0.25) is 9.69 Å². The molecule has 1 aromatic carbocycles. The third-order valence-corrected chi connectivity index (χ3v) is 4.94. The van der Waals surface area contributed by atoms with E-state index in [-0.39, 0.29) is 11.7 Å². The van der Waals surface area contributed by atoms with E-state index in [9.17, 15) is 9.18 Å². The fourth-order valence-corrected chi connectivity index (χ4v) is 3.34. The molecule has 1 fully saturated rings. The van der Waals surface area contributed by atoms with E-state index in [1.165, 1.54) is 24.3 Å². The van der Waals surface area contributed by atoms with Gasteiger partial charge in [0, 0.05) is 38.3 Å². The number of hydrogen-bond acceptors (Lipinski definition) is 4. The van der Waals surface area contributed by atoms with Crippen LogP contribution in [-0.4, -0.2) is 56.2 Å². The molecule has 26 heavy (non-hydrogen) atoms. The molecule has 1 amide bonds. The lowest BCUT2D eigenvalue weighted by molar-refractivity contribution is 0.0585. The van der Waals surface area contributed by atoms with Crippen molar-refractivity contribution < 1.29 is 9.18 Å². The molecule has 1 aliphatic rings. The topological polar surface area (TPSA) is 46.3 Å². The highest BCUT2D eigenvalue weighted by Crippen LogP contribution is 2.11. The Morgan fingerprint density at radius 1 is 1.27 bits per heavy atom. The van der Waals surface area contributed by atoms with Crippen molar-refractivity contribution in [1.82, 2.24) is 24.1 Å². The number of piperazine rings is 1. The summed E-state index contributed by atoms with van der Waals surface area (Å²) in [6, 6.07) is 5.68. The number of rotatable bonds is 5. The molecular formula is C18H22FN5OS. The molecule has 0 bridgehead atoms. The molecule has 1 aliphatic heterocycles. The summed E-state index contributed by atoms with van der Waals surface area (Å²) in [6.07, 6.45) is 1.80. The van der Waals surface area contributed by atoms with Gasteiger partial charge in [-0.1, -0.05) is 6.08 Å². The Balaban J connectivity index is 1.60. The summed E-state index contributed by atoms with van der Waals surface area (Å²) in [5, 5.41) is 4.50. The zero-order valence-electron chi connectivity index (χ0n) is 14.8. The van der Waals surface area contributed by atoms with Crippen molar-refractivity contribution in [2.75, 3.05) is 26.2 Å². The zero-order chi connectivity index (χ0) is 18.7. The Labute approximate surface area is 157 Å². The first kappa shape index (κ1) is 18.5. The Hall–Kier alpha value is -2.32. The molecule has 0 N–H and O–H groups in total. The second-order valence-electron chi connectivity index (χ2n) is 6.29. The van der Waals surface area contributed by atoms with Crippen LogP contribution in [0, 0.1) is 17.5 Å². The van der Waals surface area contributed by atoms with E-state index < -0.39 is 0 Å². The fraction of sp³-hybridized carbons (Fsp3) is 0.389. The summed E-state index contributed by atoms with van der Waals surface area (Å²) in [4.78, 5) is 16.5. The van der Waals surface area contributed by atoms with Crippen molar-refractivity contribution in [1.29, 1.82) is 0 Å². The predicted molar refractivity (Wildman–Crippen MR) is 99.9 cm³/mol. The van der Waals surface area contributed by atoms with Crippen LogP contribution < -0.4 is 0 Å². The van der Waals surface area contributed by atoms with Crippen LogP contribution in [-0.2, 0) is 13.2 Å². The smallest absolute Gasteiger partial charge is 0.253 e. The van der Waals surface area contributed by atoms with Gasteiger partial charge in [-0.05, 0) is 43.4 Å². The van der Waals surface area contributed by atoms with Gasteiger partial charge in [-0.2, -0.15) is 5.10 Å². The molecule has 0 radical (unpaired) electrons. The normalized spacial score (nSPS) is 15.2. The SMILES string of the molecule is C=CCn1c(C)nn(CN2CCN(C(=O)c3ccc(F)cc3)CC2)c1=S. The molecule has 1 aromatic heterocycles. The molecule has 3 rings (SSSR count). The summed E-state index contributed by atoms with van der Waals surface area (Å²) in [7, 11) is 0. The number of halogens is 1. The molecule has 0 aliphatic carbocycles. The Morgan fingerprint density at radius 2 is 1.92 bits per heavy atom. The molecule has 2 heterocycles. The number of amides is 1. The third kappa shape index (κ3) is 3.91.